The molecule has 0 saturated carbocycles. The summed E-state index contributed by atoms with van der Waals surface area (Å²) in [4.78, 5) is 23.2. The summed E-state index contributed by atoms with van der Waals surface area (Å²) < 4.78 is 1.36. The molecule has 0 aliphatic rings. The van der Waals surface area contributed by atoms with Crippen LogP contribution in [0.25, 0.3) is 0 Å². The van der Waals surface area contributed by atoms with Crippen LogP contribution in [-0.2, 0) is 0 Å². The lowest BCUT2D eigenvalue weighted by Gasteiger charge is -2.08. The second kappa shape index (κ2) is 6.26. The Morgan fingerprint density at radius 3 is 2.60 bits per heavy atom. The van der Waals surface area contributed by atoms with E-state index in [-0.39, 0.29) is 21.9 Å². The number of hydrogen-bond acceptors (Lipinski definition) is 4. The number of thiophene rings is 1. The molecule has 1 amide bonds. The Hall–Kier alpha value is -0.880. The molecule has 3 N–H and O–H groups in total. The van der Waals surface area contributed by atoms with Gasteiger partial charge in [0.05, 0.1) is 14.8 Å². The molecule has 1 heterocycles. The first-order valence-corrected chi connectivity index (χ1v) is 8.24. The van der Waals surface area contributed by atoms with Gasteiger partial charge in [0, 0.05) is 3.57 Å². The van der Waals surface area contributed by atoms with Crippen molar-refractivity contribution in [3.63, 3.8) is 0 Å². The molecule has 5 nitrogen and oxygen atoms in total. The summed E-state index contributed by atoms with van der Waals surface area (Å²) in [5.74, 6) is -1.76. The van der Waals surface area contributed by atoms with Gasteiger partial charge in [0.25, 0.3) is 5.91 Å². The first kappa shape index (κ1) is 15.5. The Labute approximate surface area is 145 Å². The molecule has 104 valence electrons. The number of nitrogens with one attached hydrogen (secondary N) is 1. The number of carboxylic acids is 1. The van der Waals surface area contributed by atoms with Crippen molar-refractivity contribution < 1.29 is 19.8 Å². The Morgan fingerprint density at radius 1 is 1.25 bits per heavy atom. The number of carboxylic acid groups (broad SMARTS) is 1. The van der Waals surface area contributed by atoms with Crippen molar-refractivity contribution in [1.29, 1.82) is 0 Å². The van der Waals surface area contributed by atoms with Crippen LogP contribution in [0.2, 0.25) is 0 Å². The fraction of sp³-hybridized carbons (Fsp3) is 0. The predicted octanol–water partition coefficient (Wildman–Crippen LogP) is 3.61. The number of phenols is 1. The lowest BCUT2D eigenvalue weighted by atomic mass is 10.2. The van der Waals surface area contributed by atoms with Gasteiger partial charge in [-0.1, -0.05) is 0 Å². The SMILES string of the molecule is O=C(Nc1ccsc1C(=O)O)c1cc(I)cc(I)c1O. The normalized spacial score (nSPS) is 10.3. The predicted molar refractivity (Wildman–Crippen MR) is 92.8 cm³/mol. The molecule has 0 unspecified atom stereocenters. The second-order valence-electron chi connectivity index (χ2n) is 3.71. The number of carbonyl (C=O) groups excluding carboxylic acids is 1. The number of aromatic hydroxyl groups is 1. The molecule has 0 aliphatic carbocycles. The van der Waals surface area contributed by atoms with Crippen LogP contribution in [0.5, 0.6) is 5.75 Å². The number of rotatable bonds is 3. The molecule has 1 aromatic carbocycles. The van der Waals surface area contributed by atoms with Crippen molar-refractivity contribution in [2.75, 3.05) is 5.32 Å². The van der Waals surface area contributed by atoms with Gasteiger partial charge < -0.3 is 15.5 Å². The van der Waals surface area contributed by atoms with Crippen molar-refractivity contribution in [3.8, 4) is 5.75 Å². The lowest BCUT2D eigenvalue weighted by Crippen LogP contribution is -2.14. The summed E-state index contributed by atoms with van der Waals surface area (Å²) >= 11 is 5.00. The zero-order valence-electron chi connectivity index (χ0n) is 9.68. The molecule has 0 spiro atoms. The van der Waals surface area contributed by atoms with Crippen LogP contribution in [0.15, 0.2) is 23.6 Å². The van der Waals surface area contributed by atoms with Gasteiger partial charge in [-0.15, -0.1) is 11.3 Å². The molecular formula is C12H7I2NO4S. The summed E-state index contributed by atoms with van der Waals surface area (Å²) in [5.41, 5.74) is 0.338. The van der Waals surface area contributed by atoms with Crippen molar-refractivity contribution >= 4 is 74.1 Å². The number of halogens is 2. The van der Waals surface area contributed by atoms with E-state index in [2.05, 4.69) is 5.32 Å². The highest BCUT2D eigenvalue weighted by Crippen LogP contribution is 2.29. The maximum absolute atomic E-state index is 12.1. The summed E-state index contributed by atoms with van der Waals surface area (Å²) in [6, 6.07) is 4.79. The minimum Gasteiger partial charge on any atom is -0.506 e. The largest absolute Gasteiger partial charge is 0.506 e. The lowest BCUT2D eigenvalue weighted by molar-refractivity contribution is 0.0703. The van der Waals surface area contributed by atoms with Crippen LogP contribution in [0.3, 0.4) is 0 Å². The van der Waals surface area contributed by atoms with Crippen molar-refractivity contribution in [2.45, 2.75) is 0 Å². The Bertz CT molecular complexity index is 699. The number of phenolic OH excluding ortho intramolecular Hbond substituents is 1. The standard InChI is InChI=1S/C12H7I2NO4S/c13-5-3-6(9(16)7(14)4-5)11(17)15-8-1-2-20-10(8)12(18)19/h1-4,16H,(H,15,17)(H,18,19). The van der Waals surface area contributed by atoms with E-state index < -0.39 is 11.9 Å². The van der Waals surface area contributed by atoms with Crippen LogP contribution in [0, 0.1) is 7.14 Å². The quantitative estimate of drug-likeness (QED) is 0.546. The minimum atomic E-state index is -1.10. The minimum absolute atomic E-state index is 0.0539. The third kappa shape index (κ3) is 3.23. The molecule has 0 radical (unpaired) electrons. The number of anilines is 1. The van der Waals surface area contributed by atoms with Gasteiger partial charge in [0.15, 0.2) is 0 Å². The molecular weight excluding hydrogens is 508 g/mol. The zero-order chi connectivity index (χ0) is 14.9. The molecule has 8 heteroatoms. The van der Waals surface area contributed by atoms with E-state index in [0.717, 1.165) is 14.9 Å². The van der Waals surface area contributed by atoms with Gasteiger partial charge in [0.1, 0.15) is 10.6 Å². The van der Waals surface area contributed by atoms with Gasteiger partial charge in [-0.3, -0.25) is 4.79 Å². The van der Waals surface area contributed by atoms with Gasteiger partial charge in [0.2, 0.25) is 0 Å². The summed E-state index contributed by atoms with van der Waals surface area (Å²) in [6.45, 7) is 0. The van der Waals surface area contributed by atoms with E-state index in [1.807, 2.05) is 45.2 Å². The van der Waals surface area contributed by atoms with Crippen molar-refractivity contribution in [1.82, 2.24) is 0 Å². The fourth-order valence-electron chi connectivity index (χ4n) is 1.50. The highest BCUT2D eigenvalue weighted by molar-refractivity contribution is 14.1. The Morgan fingerprint density at radius 2 is 1.95 bits per heavy atom. The number of amides is 1. The van der Waals surface area contributed by atoms with Crippen molar-refractivity contribution in [2.24, 2.45) is 0 Å². The summed E-state index contributed by atoms with van der Waals surface area (Å²) in [7, 11) is 0. The highest BCUT2D eigenvalue weighted by atomic mass is 127. The van der Waals surface area contributed by atoms with E-state index in [9.17, 15) is 14.7 Å². The average molecular weight is 515 g/mol. The molecule has 0 bridgehead atoms. The number of benzene rings is 1. The first-order chi connectivity index (χ1) is 9.40. The van der Waals surface area contributed by atoms with Crippen LogP contribution in [-0.4, -0.2) is 22.1 Å². The van der Waals surface area contributed by atoms with Gasteiger partial charge in [-0.25, -0.2) is 4.79 Å². The number of aromatic carboxylic acids is 1. The average Bonchev–Trinajstić information content (AvgIpc) is 2.81. The number of hydrogen-bond donors (Lipinski definition) is 3. The fourth-order valence-corrected chi connectivity index (χ4v) is 4.03. The van der Waals surface area contributed by atoms with Gasteiger partial charge in [-0.05, 0) is 68.8 Å². The second-order valence-corrected chi connectivity index (χ2v) is 7.03. The molecule has 0 saturated heterocycles. The summed E-state index contributed by atoms with van der Waals surface area (Å²) in [6.07, 6.45) is 0. The van der Waals surface area contributed by atoms with E-state index in [4.69, 9.17) is 5.11 Å². The molecule has 1 aromatic heterocycles. The topological polar surface area (TPSA) is 86.6 Å². The zero-order valence-corrected chi connectivity index (χ0v) is 14.8. The van der Waals surface area contributed by atoms with E-state index in [0.29, 0.717) is 3.57 Å². The Balaban J connectivity index is 2.33. The van der Waals surface area contributed by atoms with E-state index in [1.165, 1.54) is 6.07 Å². The van der Waals surface area contributed by atoms with Crippen LogP contribution in [0.1, 0.15) is 20.0 Å². The monoisotopic (exact) mass is 515 g/mol. The van der Waals surface area contributed by atoms with Crippen LogP contribution < -0.4 is 5.32 Å². The molecule has 0 fully saturated rings. The highest BCUT2D eigenvalue weighted by Gasteiger charge is 2.18. The molecule has 2 rings (SSSR count). The third-order valence-corrected chi connectivity index (χ3v) is 4.73. The Kier molecular flexibility index (Phi) is 4.86. The van der Waals surface area contributed by atoms with E-state index >= 15 is 0 Å². The van der Waals surface area contributed by atoms with E-state index in [1.54, 1.807) is 17.5 Å². The number of carbonyl (C=O) groups is 2. The van der Waals surface area contributed by atoms with Gasteiger partial charge >= 0.3 is 5.97 Å². The smallest absolute Gasteiger partial charge is 0.348 e. The molecule has 0 aliphatic heterocycles. The summed E-state index contributed by atoms with van der Waals surface area (Å²) in [5, 5.41) is 23.0. The first-order valence-electron chi connectivity index (χ1n) is 5.20. The molecule has 0 atom stereocenters. The van der Waals surface area contributed by atoms with Gasteiger partial charge in [-0.2, -0.15) is 0 Å². The van der Waals surface area contributed by atoms with Crippen molar-refractivity contribution in [3.05, 3.63) is 41.2 Å². The maximum atomic E-state index is 12.1. The van der Waals surface area contributed by atoms with Crippen LogP contribution >= 0.6 is 56.5 Å². The maximum Gasteiger partial charge on any atom is 0.348 e. The van der Waals surface area contributed by atoms with Crippen LogP contribution in [0.4, 0.5) is 5.69 Å². The molecule has 2 aromatic rings. The third-order valence-electron chi connectivity index (χ3n) is 2.38. The molecule has 20 heavy (non-hydrogen) atoms.